The average molecular weight is 210 g/mol. The van der Waals surface area contributed by atoms with Gasteiger partial charge < -0.3 is 9.63 Å². The van der Waals surface area contributed by atoms with Gasteiger partial charge in [0.1, 0.15) is 0 Å². The molecule has 76 valence electrons. The Balaban J connectivity index is 3.75. The fourth-order valence-corrected chi connectivity index (χ4v) is 0.832. The van der Waals surface area contributed by atoms with Crippen LogP contribution in [0.5, 0.6) is 0 Å². The van der Waals surface area contributed by atoms with Crippen LogP contribution in [0, 0.1) is 0 Å². The molecule has 0 saturated carbocycles. The number of phosphoric acid groups is 1. The van der Waals surface area contributed by atoms with Crippen molar-refractivity contribution < 1.29 is 28.8 Å². The van der Waals surface area contributed by atoms with Crippen LogP contribution < -0.4 is 0 Å². The minimum Gasteiger partial charge on any atom is -0.396 e. The molecule has 0 aliphatic carbocycles. The Kier molecular flexibility index (Phi) is 5.57. The van der Waals surface area contributed by atoms with E-state index in [0.29, 0.717) is 12.8 Å². The second-order valence-electron chi connectivity index (χ2n) is 2.17. The fourth-order valence-electron chi connectivity index (χ4n) is 0.536. The summed E-state index contributed by atoms with van der Waals surface area (Å²) in [6.07, 6.45) is 3.22. The van der Waals surface area contributed by atoms with Crippen LogP contribution in [0.3, 0.4) is 0 Å². The molecule has 0 aromatic rings. The van der Waals surface area contributed by atoms with Crippen LogP contribution in [0.2, 0.25) is 0 Å². The van der Waals surface area contributed by atoms with Gasteiger partial charge in [0.05, 0.1) is 0 Å². The molecule has 0 fully saturated rings. The molecular weight excluding hydrogens is 199 g/mol. The molecule has 0 atom stereocenters. The van der Waals surface area contributed by atoms with Gasteiger partial charge in [0, 0.05) is 12.7 Å². The first-order valence-electron chi connectivity index (χ1n) is 3.52. The first-order valence-corrected chi connectivity index (χ1v) is 5.05. The molecule has 7 heteroatoms. The average Bonchev–Trinajstić information content (AvgIpc) is 1.94. The molecule has 13 heavy (non-hydrogen) atoms. The topological polar surface area (TPSA) is 104 Å². The lowest BCUT2D eigenvalue weighted by Crippen LogP contribution is -1.97. The maximum Gasteiger partial charge on any atom is 0.527 e. The second kappa shape index (κ2) is 5.88. The van der Waals surface area contributed by atoms with E-state index in [0.717, 1.165) is 6.08 Å². The van der Waals surface area contributed by atoms with E-state index in [9.17, 15) is 9.36 Å². The summed E-state index contributed by atoms with van der Waals surface area (Å²) < 4.78 is 13.8. The SMILES string of the molecule is O=C(C=CCCCO)OP(=O)(O)O. The number of allylic oxidation sites excluding steroid dienone is 1. The molecule has 3 N–H and O–H groups in total. The van der Waals surface area contributed by atoms with Crippen molar-refractivity contribution in [2.75, 3.05) is 6.61 Å². The van der Waals surface area contributed by atoms with Crippen molar-refractivity contribution in [1.29, 1.82) is 0 Å². The van der Waals surface area contributed by atoms with Crippen LogP contribution in [0.1, 0.15) is 12.8 Å². The number of carbonyl (C=O) groups excluding carboxylic acids is 1. The van der Waals surface area contributed by atoms with E-state index in [2.05, 4.69) is 4.52 Å². The van der Waals surface area contributed by atoms with Gasteiger partial charge in [-0.15, -0.1) is 0 Å². The minimum absolute atomic E-state index is 0.00210. The van der Waals surface area contributed by atoms with E-state index in [4.69, 9.17) is 14.9 Å². The Labute approximate surface area is 75.1 Å². The van der Waals surface area contributed by atoms with E-state index in [1.165, 1.54) is 6.08 Å². The smallest absolute Gasteiger partial charge is 0.396 e. The second-order valence-corrected chi connectivity index (χ2v) is 3.33. The molecular formula is C6H11O6P. The molecule has 0 radical (unpaired) electrons. The molecule has 0 saturated heterocycles. The molecule has 0 aromatic heterocycles. The van der Waals surface area contributed by atoms with E-state index in [1.54, 1.807) is 0 Å². The predicted octanol–water partition coefficient (Wildman–Crippen LogP) is -0.0490. The Morgan fingerprint density at radius 2 is 2.08 bits per heavy atom. The third kappa shape index (κ3) is 9.23. The number of aliphatic hydroxyl groups is 1. The third-order valence-electron chi connectivity index (χ3n) is 0.992. The predicted molar refractivity (Wildman–Crippen MR) is 43.6 cm³/mol. The van der Waals surface area contributed by atoms with Crippen molar-refractivity contribution in [1.82, 2.24) is 0 Å². The largest absolute Gasteiger partial charge is 0.527 e. The maximum absolute atomic E-state index is 10.6. The maximum atomic E-state index is 10.6. The van der Waals surface area contributed by atoms with E-state index >= 15 is 0 Å². The van der Waals surface area contributed by atoms with Crippen LogP contribution >= 0.6 is 7.82 Å². The Morgan fingerprint density at radius 3 is 2.54 bits per heavy atom. The van der Waals surface area contributed by atoms with Crippen LogP contribution in [0.15, 0.2) is 12.2 Å². The summed E-state index contributed by atoms with van der Waals surface area (Å²) in [4.78, 5) is 26.9. The van der Waals surface area contributed by atoms with Crippen LogP contribution in [-0.4, -0.2) is 27.5 Å². The zero-order valence-electron chi connectivity index (χ0n) is 6.79. The molecule has 0 heterocycles. The number of phosphoric ester groups is 1. The molecule has 0 spiro atoms. The van der Waals surface area contributed by atoms with Gasteiger partial charge in [-0.2, -0.15) is 0 Å². The lowest BCUT2D eigenvalue weighted by Gasteiger charge is -2.00. The van der Waals surface area contributed by atoms with Gasteiger partial charge in [-0.3, -0.25) is 9.79 Å². The normalized spacial score (nSPS) is 11.9. The monoisotopic (exact) mass is 210 g/mol. The highest BCUT2D eigenvalue weighted by Crippen LogP contribution is 2.35. The molecule has 0 aliphatic heterocycles. The van der Waals surface area contributed by atoms with Crippen molar-refractivity contribution in [3.05, 3.63) is 12.2 Å². The lowest BCUT2D eigenvalue weighted by atomic mass is 10.3. The van der Waals surface area contributed by atoms with Crippen LogP contribution in [0.25, 0.3) is 0 Å². The number of aliphatic hydroxyl groups excluding tert-OH is 1. The minimum atomic E-state index is -4.73. The molecule has 0 rings (SSSR count). The Hall–Kier alpha value is -0.680. The first kappa shape index (κ1) is 12.3. The Morgan fingerprint density at radius 1 is 1.46 bits per heavy atom. The standard InChI is InChI=1S/C6H11O6P/c7-5-3-1-2-4-6(8)12-13(9,10)11/h2,4,7H,1,3,5H2,(H2,9,10,11). The summed E-state index contributed by atoms with van der Waals surface area (Å²) in [6, 6.07) is 0. The summed E-state index contributed by atoms with van der Waals surface area (Å²) >= 11 is 0. The van der Waals surface area contributed by atoms with E-state index in [-0.39, 0.29) is 6.61 Å². The number of hydrogen-bond donors (Lipinski definition) is 3. The zero-order valence-corrected chi connectivity index (χ0v) is 7.68. The highest BCUT2D eigenvalue weighted by atomic mass is 31.2. The molecule has 0 bridgehead atoms. The number of carbonyl (C=O) groups is 1. The van der Waals surface area contributed by atoms with Crippen molar-refractivity contribution >= 4 is 13.8 Å². The first-order chi connectivity index (χ1) is 5.95. The van der Waals surface area contributed by atoms with Gasteiger partial charge in [-0.25, -0.2) is 9.36 Å². The highest BCUT2D eigenvalue weighted by molar-refractivity contribution is 7.46. The summed E-state index contributed by atoms with van der Waals surface area (Å²) in [6.45, 7) is -0.00210. The van der Waals surface area contributed by atoms with E-state index in [1.807, 2.05) is 0 Å². The summed E-state index contributed by atoms with van der Waals surface area (Å²) in [7, 11) is -4.73. The van der Waals surface area contributed by atoms with Crippen molar-refractivity contribution in [2.45, 2.75) is 12.8 Å². The van der Waals surface area contributed by atoms with Gasteiger partial charge in [-0.1, -0.05) is 6.08 Å². The van der Waals surface area contributed by atoms with Crippen molar-refractivity contribution in [3.63, 3.8) is 0 Å². The fraction of sp³-hybridized carbons (Fsp3) is 0.500. The summed E-state index contributed by atoms with van der Waals surface area (Å²) in [5.74, 6) is -1.09. The molecule has 6 nitrogen and oxygen atoms in total. The number of unbranched alkanes of at least 4 members (excludes halogenated alkanes) is 1. The molecule has 0 aromatic carbocycles. The lowest BCUT2D eigenvalue weighted by molar-refractivity contribution is -0.130. The quantitative estimate of drug-likeness (QED) is 0.334. The third-order valence-corrected chi connectivity index (χ3v) is 1.41. The van der Waals surface area contributed by atoms with Gasteiger partial charge >= 0.3 is 13.8 Å². The van der Waals surface area contributed by atoms with Gasteiger partial charge in [0.15, 0.2) is 0 Å². The van der Waals surface area contributed by atoms with Crippen LogP contribution in [-0.2, 0) is 13.9 Å². The highest BCUT2D eigenvalue weighted by Gasteiger charge is 2.17. The molecule has 0 unspecified atom stereocenters. The van der Waals surface area contributed by atoms with Gasteiger partial charge in [0.25, 0.3) is 0 Å². The van der Waals surface area contributed by atoms with E-state index < -0.39 is 13.8 Å². The zero-order chi connectivity index (χ0) is 10.3. The molecule has 0 amide bonds. The number of rotatable bonds is 5. The van der Waals surface area contributed by atoms with Gasteiger partial charge in [-0.05, 0) is 12.8 Å². The summed E-state index contributed by atoms with van der Waals surface area (Å²) in [5, 5.41) is 8.34. The van der Waals surface area contributed by atoms with Crippen molar-refractivity contribution in [3.8, 4) is 0 Å². The Bertz CT molecular complexity index is 229. The molecule has 0 aliphatic rings. The van der Waals surface area contributed by atoms with Crippen LogP contribution in [0.4, 0.5) is 0 Å². The van der Waals surface area contributed by atoms with Gasteiger partial charge in [0.2, 0.25) is 0 Å². The van der Waals surface area contributed by atoms with Crippen molar-refractivity contribution in [2.24, 2.45) is 0 Å². The number of hydrogen-bond acceptors (Lipinski definition) is 4. The summed E-state index contributed by atoms with van der Waals surface area (Å²) in [5.41, 5.74) is 0.